The van der Waals surface area contributed by atoms with E-state index in [4.69, 9.17) is 9.47 Å². The van der Waals surface area contributed by atoms with Crippen LogP contribution >= 0.6 is 0 Å². The molecule has 0 bridgehead atoms. The summed E-state index contributed by atoms with van der Waals surface area (Å²) in [6.07, 6.45) is 3.80. The molecule has 1 aliphatic heterocycles. The van der Waals surface area contributed by atoms with Crippen molar-refractivity contribution in [3.8, 4) is 22.8 Å². The van der Waals surface area contributed by atoms with Crippen LogP contribution in [0.3, 0.4) is 0 Å². The van der Waals surface area contributed by atoms with Crippen molar-refractivity contribution in [3.05, 3.63) is 42.7 Å². The van der Waals surface area contributed by atoms with Gasteiger partial charge in [-0.05, 0) is 50.0 Å². The number of benzene rings is 2. The number of hydrogen-bond acceptors (Lipinski definition) is 6. The van der Waals surface area contributed by atoms with Gasteiger partial charge in [0.15, 0.2) is 11.5 Å². The summed E-state index contributed by atoms with van der Waals surface area (Å²) in [7, 11) is 1.64. The smallest absolute Gasteiger partial charge is 0.221 e. The standard InChI is InChI=1S/C23H26N4O3/c1-15(28)27-18-5-3-17(4-6-18)23-19-11-21(29-2)22(12-20(19)25-14-26-23)30-13-16-7-9-24-10-8-16/h3-6,11-12,14,16,24H,7-10,13H2,1-2H3,(H,27,28). The van der Waals surface area contributed by atoms with Gasteiger partial charge in [-0.2, -0.15) is 0 Å². The number of carbonyl (C=O) groups is 1. The molecule has 2 aromatic carbocycles. The van der Waals surface area contributed by atoms with E-state index in [1.807, 2.05) is 36.4 Å². The summed E-state index contributed by atoms with van der Waals surface area (Å²) in [5.41, 5.74) is 3.28. The lowest BCUT2D eigenvalue weighted by atomic mass is 9.99. The first-order valence-corrected chi connectivity index (χ1v) is 10.2. The number of carbonyl (C=O) groups excluding carboxylic acids is 1. The third kappa shape index (κ3) is 4.52. The molecule has 7 nitrogen and oxygen atoms in total. The van der Waals surface area contributed by atoms with E-state index in [1.165, 1.54) is 6.92 Å². The first kappa shape index (κ1) is 20.1. The zero-order chi connectivity index (χ0) is 20.9. The highest BCUT2D eigenvalue weighted by molar-refractivity contribution is 5.95. The highest BCUT2D eigenvalue weighted by Crippen LogP contribution is 2.36. The summed E-state index contributed by atoms with van der Waals surface area (Å²) in [5.74, 6) is 1.82. The number of methoxy groups -OCH3 is 1. The molecule has 1 amide bonds. The van der Waals surface area contributed by atoms with Gasteiger partial charge in [0.1, 0.15) is 6.33 Å². The quantitative estimate of drug-likeness (QED) is 0.650. The fraction of sp³-hybridized carbons (Fsp3) is 0.348. The average molecular weight is 406 g/mol. The van der Waals surface area contributed by atoms with Crippen LogP contribution < -0.4 is 20.1 Å². The van der Waals surface area contributed by atoms with E-state index in [0.29, 0.717) is 24.0 Å². The highest BCUT2D eigenvalue weighted by atomic mass is 16.5. The molecule has 4 rings (SSSR count). The molecule has 2 N–H and O–H groups in total. The van der Waals surface area contributed by atoms with Gasteiger partial charge in [-0.1, -0.05) is 12.1 Å². The van der Waals surface area contributed by atoms with Crippen molar-refractivity contribution in [2.24, 2.45) is 5.92 Å². The number of rotatable bonds is 6. The summed E-state index contributed by atoms with van der Waals surface area (Å²) >= 11 is 0. The number of nitrogens with one attached hydrogen (secondary N) is 2. The minimum atomic E-state index is -0.100. The third-order valence-corrected chi connectivity index (χ3v) is 5.33. The summed E-state index contributed by atoms with van der Waals surface area (Å²) in [4.78, 5) is 20.2. The number of piperidine rings is 1. The van der Waals surface area contributed by atoms with Gasteiger partial charge in [0.2, 0.25) is 5.91 Å². The van der Waals surface area contributed by atoms with Crippen LogP contribution in [-0.2, 0) is 4.79 Å². The molecule has 1 saturated heterocycles. The molecule has 0 saturated carbocycles. The summed E-state index contributed by atoms with van der Waals surface area (Å²) in [6.45, 7) is 4.25. The van der Waals surface area contributed by atoms with Crippen LogP contribution in [0, 0.1) is 5.92 Å². The second kappa shape index (κ2) is 9.09. The van der Waals surface area contributed by atoms with Crippen LogP contribution in [0.15, 0.2) is 42.7 Å². The van der Waals surface area contributed by atoms with Crippen LogP contribution in [-0.4, -0.2) is 42.7 Å². The number of ether oxygens (including phenoxy) is 2. The van der Waals surface area contributed by atoms with E-state index in [9.17, 15) is 4.79 Å². The zero-order valence-corrected chi connectivity index (χ0v) is 17.3. The maximum atomic E-state index is 11.2. The predicted octanol–water partition coefficient (Wildman–Crippen LogP) is 3.64. The monoisotopic (exact) mass is 406 g/mol. The van der Waals surface area contributed by atoms with Crippen LogP contribution in [0.4, 0.5) is 5.69 Å². The Bertz CT molecular complexity index is 1030. The highest BCUT2D eigenvalue weighted by Gasteiger charge is 2.17. The second-order valence-corrected chi connectivity index (χ2v) is 7.51. The Labute approximate surface area is 175 Å². The molecule has 7 heteroatoms. The van der Waals surface area contributed by atoms with Gasteiger partial charge in [-0.3, -0.25) is 4.79 Å². The Morgan fingerprint density at radius 1 is 1.13 bits per heavy atom. The second-order valence-electron chi connectivity index (χ2n) is 7.51. The van der Waals surface area contributed by atoms with Crippen molar-refractivity contribution in [1.29, 1.82) is 0 Å². The number of nitrogens with zero attached hydrogens (tertiary/aromatic N) is 2. The number of aromatic nitrogens is 2. The summed E-state index contributed by atoms with van der Waals surface area (Å²) in [5, 5.41) is 7.04. The number of amides is 1. The minimum Gasteiger partial charge on any atom is -0.493 e. The molecule has 1 fully saturated rings. The average Bonchev–Trinajstić information content (AvgIpc) is 2.77. The molecule has 0 aliphatic carbocycles. The molecule has 0 unspecified atom stereocenters. The Hall–Kier alpha value is -3.19. The maximum absolute atomic E-state index is 11.2. The van der Waals surface area contributed by atoms with Crippen molar-refractivity contribution in [1.82, 2.24) is 15.3 Å². The SMILES string of the molecule is COc1cc2c(-c3ccc(NC(C)=O)cc3)ncnc2cc1OCC1CCNCC1. The first-order chi connectivity index (χ1) is 14.6. The van der Waals surface area contributed by atoms with E-state index in [0.717, 1.165) is 53.8 Å². The molecule has 156 valence electrons. The van der Waals surface area contributed by atoms with Gasteiger partial charge in [0.25, 0.3) is 0 Å². The normalized spacial score (nSPS) is 14.5. The van der Waals surface area contributed by atoms with Crippen LogP contribution in [0.25, 0.3) is 22.2 Å². The number of anilines is 1. The maximum Gasteiger partial charge on any atom is 0.221 e. The third-order valence-electron chi connectivity index (χ3n) is 5.33. The van der Waals surface area contributed by atoms with Gasteiger partial charge in [0, 0.05) is 29.6 Å². The van der Waals surface area contributed by atoms with Gasteiger partial charge in [-0.15, -0.1) is 0 Å². The van der Waals surface area contributed by atoms with Crippen molar-refractivity contribution in [3.63, 3.8) is 0 Å². The van der Waals surface area contributed by atoms with E-state index < -0.39 is 0 Å². The van der Waals surface area contributed by atoms with Crippen molar-refractivity contribution in [2.45, 2.75) is 19.8 Å². The summed E-state index contributed by atoms with van der Waals surface area (Å²) < 4.78 is 11.7. The Balaban J connectivity index is 1.63. The van der Waals surface area contributed by atoms with E-state index in [-0.39, 0.29) is 5.91 Å². The van der Waals surface area contributed by atoms with E-state index >= 15 is 0 Å². The number of hydrogen-bond donors (Lipinski definition) is 2. The van der Waals surface area contributed by atoms with Gasteiger partial charge in [-0.25, -0.2) is 9.97 Å². The van der Waals surface area contributed by atoms with Crippen molar-refractivity contribution >= 4 is 22.5 Å². The Morgan fingerprint density at radius 3 is 2.60 bits per heavy atom. The lowest BCUT2D eigenvalue weighted by Gasteiger charge is -2.23. The van der Waals surface area contributed by atoms with Crippen LogP contribution in [0.5, 0.6) is 11.5 Å². The van der Waals surface area contributed by atoms with Gasteiger partial charge in [0.05, 0.1) is 24.9 Å². The van der Waals surface area contributed by atoms with E-state index in [1.54, 1.807) is 13.4 Å². The molecule has 3 aromatic rings. The first-order valence-electron chi connectivity index (χ1n) is 10.2. The van der Waals surface area contributed by atoms with Gasteiger partial charge >= 0.3 is 0 Å². The molecule has 1 aromatic heterocycles. The molecule has 0 radical (unpaired) electrons. The van der Waals surface area contributed by atoms with Crippen molar-refractivity contribution in [2.75, 3.05) is 32.1 Å². The van der Waals surface area contributed by atoms with E-state index in [2.05, 4.69) is 20.6 Å². The molecule has 30 heavy (non-hydrogen) atoms. The predicted molar refractivity (Wildman–Crippen MR) is 117 cm³/mol. The Kier molecular flexibility index (Phi) is 6.09. The lowest BCUT2D eigenvalue weighted by Crippen LogP contribution is -2.30. The largest absolute Gasteiger partial charge is 0.493 e. The Morgan fingerprint density at radius 2 is 1.90 bits per heavy atom. The fourth-order valence-electron chi connectivity index (χ4n) is 3.74. The minimum absolute atomic E-state index is 0.100. The van der Waals surface area contributed by atoms with Gasteiger partial charge < -0.3 is 20.1 Å². The van der Waals surface area contributed by atoms with Crippen molar-refractivity contribution < 1.29 is 14.3 Å². The topological polar surface area (TPSA) is 85.4 Å². The zero-order valence-electron chi connectivity index (χ0n) is 17.3. The molecule has 2 heterocycles. The lowest BCUT2D eigenvalue weighted by molar-refractivity contribution is -0.114. The molecule has 1 aliphatic rings. The van der Waals surface area contributed by atoms with Crippen LogP contribution in [0.1, 0.15) is 19.8 Å². The molecule has 0 atom stereocenters. The molecular formula is C23H26N4O3. The molecule has 0 spiro atoms. The number of fused-ring (bicyclic) bond motifs is 1. The molecular weight excluding hydrogens is 380 g/mol. The summed E-state index contributed by atoms with van der Waals surface area (Å²) in [6, 6.07) is 11.4. The van der Waals surface area contributed by atoms with Crippen LogP contribution in [0.2, 0.25) is 0 Å². The fourth-order valence-corrected chi connectivity index (χ4v) is 3.74.